The Hall–Kier alpha value is -1.10. The monoisotopic (exact) mass is 211 g/mol. The second kappa shape index (κ2) is 3.96. The lowest BCUT2D eigenvalue weighted by molar-refractivity contribution is 0.215. The number of thiazole rings is 1. The van der Waals surface area contributed by atoms with Crippen molar-refractivity contribution in [1.29, 1.82) is 0 Å². The van der Waals surface area contributed by atoms with Gasteiger partial charge < -0.3 is 10.2 Å². The van der Waals surface area contributed by atoms with Crippen LogP contribution in [0.1, 0.15) is 17.8 Å². The van der Waals surface area contributed by atoms with Gasteiger partial charge in [-0.15, -0.1) is 11.3 Å². The van der Waals surface area contributed by atoms with E-state index in [0.717, 1.165) is 24.6 Å². The molecule has 76 valence electrons. The molecule has 1 aliphatic rings. The highest BCUT2D eigenvalue weighted by atomic mass is 32.1. The molecule has 0 aliphatic carbocycles. The van der Waals surface area contributed by atoms with Crippen LogP contribution in [-0.4, -0.2) is 35.5 Å². The zero-order valence-electron chi connectivity index (χ0n) is 8.06. The molecule has 4 nitrogen and oxygen atoms in total. The van der Waals surface area contributed by atoms with Gasteiger partial charge in [-0.1, -0.05) is 6.92 Å². The minimum atomic E-state index is 0.0495. The molecule has 5 heteroatoms. The van der Waals surface area contributed by atoms with Crippen molar-refractivity contribution in [3.05, 3.63) is 16.6 Å². The molecule has 0 aromatic carbocycles. The standard InChI is InChI=1S/C9H13N3OS/c1-7(8-10-3-5-14-8)6-12-4-2-11-9(12)13/h3,5,7H,2,4,6H2,1H3,(H,11,13). The van der Waals surface area contributed by atoms with Gasteiger partial charge in [0, 0.05) is 37.1 Å². The summed E-state index contributed by atoms with van der Waals surface area (Å²) in [6.07, 6.45) is 1.81. The fraction of sp³-hybridized carbons (Fsp3) is 0.556. The molecular weight excluding hydrogens is 198 g/mol. The Morgan fingerprint density at radius 3 is 3.21 bits per heavy atom. The van der Waals surface area contributed by atoms with E-state index in [2.05, 4.69) is 17.2 Å². The van der Waals surface area contributed by atoms with Crippen molar-refractivity contribution in [2.75, 3.05) is 19.6 Å². The maximum atomic E-state index is 11.3. The van der Waals surface area contributed by atoms with Gasteiger partial charge in [-0.05, 0) is 0 Å². The third kappa shape index (κ3) is 1.87. The van der Waals surface area contributed by atoms with E-state index in [-0.39, 0.29) is 6.03 Å². The molecule has 1 atom stereocenters. The molecule has 1 N–H and O–H groups in total. The molecule has 1 aromatic heterocycles. The first-order chi connectivity index (χ1) is 6.77. The van der Waals surface area contributed by atoms with E-state index in [9.17, 15) is 4.79 Å². The third-order valence-electron chi connectivity index (χ3n) is 2.31. The van der Waals surface area contributed by atoms with Crippen LogP contribution in [0.15, 0.2) is 11.6 Å². The largest absolute Gasteiger partial charge is 0.336 e. The topological polar surface area (TPSA) is 45.2 Å². The SMILES string of the molecule is CC(CN1CCNC1=O)c1nccs1. The maximum absolute atomic E-state index is 11.3. The van der Waals surface area contributed by atoms with Gasteiger partial charge in [0.1, 0.15) is 0 Å². The Morgan fingerprint density at radius 1 is 1.79 bits per heavy atom. The summed E-state index contributed by atoms with van der Waals surface area (Å²) in [7, 11) is 0. The lowest BCUT2D eigenvalue weighted by Crippen LogP contribution is -2.31. The number of urea groups is 1. The van der Waals surface area contributed by atoms with E-state index < -0.39 is 0 Å². The molecule has 0 bridgehead atoms. The zero-order valence-corrected chi connectivity index (χ0v) is 8.88. The fourth-order valence-electron chi connectivity index (χ4n) is 1.57. The maximum Gasteiger partial charge on any atom is 0.317 e. The van der Waals surface area contributed by atoms with Gasteiger partial charge in [-0.2, -0.15) is 0 Å². The first-order valence-corrected chi connectivity index (χ1v) is 5.57. The highest BCUT2D eigenvalue weighted by Crippen LogP contribution is 2.19. The van der Waals surface area contributed by atoms with Gasteiger partial charge in [-0.3, -0.25) is 0 Å². The van der Waals surface area contributed by atoms with Crippen molar-refractivity contribution in [2.24, 2.45) is 0 Å². The van der Waals surface area contributed by atoms with Crippen LogP contribution in [-0.2, 0) is 0 Å². The van der Waals surface area contributed by atoms with E-state index in [4.69, 9.17) is 0 Å². The molecule has 0 saturated carbocycles. The summed E-state index contributed by atoms with van der Waals surface area (Å²) in [5, 5.41) is 5.86. The smallest absolute Gasteiger partial charge is 0.317 e. The summed E-state index contributed by atoms with van der Waals surface area (Å²) in [5.74, 6) is 0.332. The fourth-order valence-corrected chi connectivity index (χ4v) is 2.26. The predicted molar refractivity (Wildman–Crippen MR) is 55.5 cm³/mol. The molecule has 1 unspecified atom stereocenters. The molecule has 0 radical (unpaired) electrons. The van der Waals surface area contributed by atoms with Crippen LogP contribution in [0.4, 0.5) is 4.79 Å². The molecule has 1 aromatic rings. The van der Waals surface area contributed by atoms with E-state index in [1.165, 1.54) is 0 Å². The third-order valence-corrected chi connectivity index (χ3v) is 3.32. The van der Waals surface area contributed by atoms with Crippen molar-refractivity contribution in [3.8, 4) is 0 Å². The van der Waals surface area contributed by atoms with Crippen LogP contribution >= 0.6 is 11.3 Å². The summed E-state index contributed by atoms with van der Waals surface area (Å²) in [6.45, 7) is 4.45. The number of hydrogen-bond acceptors (Lipinski definition) is 3. The highest BCUT2D eigenvalue weighted by Gasteiger charge is 2.22. The molecule has 2 amide bonds. The molecular formula is C9H13N3OS. The second-order valence-electron chi connectivity index (χ2n) is 3.45. The van der Waals surface area contributed by atoms with Gasteiger partial charge in [0.2, 0.25) is 0 Å². The lowest BCUT2D eigenvalue weighted by Gasteiger charge is -2.17. The lowest BCUT2D eigenvalue weighted by atomic mass is 10.2. The number of nitrogens with zero attached hydrogens (tertiary/aromatic N) is 2. The number of carbonyl (C=O) groups is 1. The van der Waals surface area contributed by atoms with Crippen LogP contribution in [0.25, 0.3) is 0 Å². The molecule has 0 spiro atoms. The van der Waals surface area contributed by atoms with E-state index >= 15 is 0 Å². The Bertz CT molecular complexity index is 312. The van der Waals surface area contributed by atoms with E-state index in [1.54, 1.807) is 17.5 Å². The molecule has 2 rings (SSSR count). The molecule has 1 aliphatic heterocycles. The van der Waals surface area contributed by atoms with Crippen molar-refractivity contribution < 1.29 is 4.79 Å². The van der Waals surface area contributed by atoms with Crippen molar-refractivity contribution >= 4 is 17.4 Å². The summed E-state index contributed by atoms with van der Waals surface area (Å²) in [5.41, 5.74) is 0. The van der Waals surface area contributed by atoms with Crippen LogP contribution in [0.3, 0.4) is 0 Å². The average Bonchev–Trinajstić information content (AvgIpc) is 2.77. The molecule has 1 fully saturated rings. The average molecular weight is 211 g/mol. The first kappa shape index (κ1) is 9.45. The Kier molecular flexibility index (Phi) is 2.67. The quantitative estimate of drug-likeness (QED) is 0.818. The molecule has 2 heterocycles. The van der Waals surface area contributed by atoms with Crippen LogP contribution in [0.2, 0.25) is 0 Å². The van der Waals surface area contributed by atoms with Crippen LogP contribution < -0.4 is 5.32 Å². The van der Waals surface area contributed by atoms with Gasteiger partial charge >= 0.3 is 6.03 Å². The Morgan fingerprint density at radius 2 is 2.64 bits per heavy atom. The normalized spacial score (nSPS) is 18.4. The second-order valence-corrected chi connectivity index (χ2v) is 4.38. The summed E-state index contributed by atoms with van der Waals surface area (Å²) < 4.78 is 0. The minimum Gasteiger partial charge on any atom is -0.336 e. The Labute approximate surface area is 86.9 Å². The van der Waals surface area contributed by atoms with Crippen molar-refractivity contribution in [2.45, 2.75) is 12.8 Å². The first-order valence-electron chi connectivity index (χ1n) is 4.69. The van der Waals surface area contributed by atoms with Gasteiger partial charge in [0.15, 0.2) is 0 Å². The zero-order chi connectivity index (χ0) is 9.97. The molecule has 14 heavy (non-hydrogen) atoms. The number of carbonyl (C=O) groups excluding carboxylic acids is 1. The van der Waals surface area contributed by atoms with Gasteiger partial charge in [0.05, 0.1) is 5.01 Å². The summed E-state index contributed by atoms with van der Waals surface area (Å²) in [6, 6.07) is 0.0495. The number of rotatable bonds is 3. The Balaban J connectivity index is 1.94. The summed E-state index contributed by atoms with van der Waals surface area (Å²) in [4.78, 5) is 17.4. The van der Waals surface area contributed by atoms with Crippen molar-refractivity contribution in [1.82, 2.24) is 15.2 Å². The highest BCUT2D eigenvalue weighted by molar-refractivity contribution is 7.09. The number of amides is 2. The van der Waals surface area contributed by atoms with E-state index in [1.807, 2.05) is 10.3 Å². The van der Waals surface area contributed by atoms with Crippen LogP contribution in [0, 0.1) is 0 Å². The number of nitrogens with one attached hydrogen (secondary N) is 1. The molecule has 1 saturated heterocycles. The van der Waals surface area contributed by atoms with Crippen molar-refractivity contribution in [3.63, 3.8) is 0 Å². The van der Waals surface area contributed by atoms with Crippen LogP contribution in [0.5, 0.6) is 0 Å². The number of hydrogen-bond donors (Lipinski definition) is 1. The van der Waals surface area contributed by atoms with Gasteiger partial charge in [0.25, 0.3) is 0 Å². The predicted octanol–water partition coefficient (Wildman–Crippen LogP) is 1.27. The van der Waals surface area contributed by atoms with E-state index in [0.29, 0.717) is 5.92 Å². The number of aromatic nitrogens is 1. The minimum absolute atomic E-state index is 0.0495. The summed E-state index contributed by atoms with van der Waals surface area (Å²) >= 11 is 1.65. The van der Waals surface area contributed by atoms with Gasteiger partial charge in [-0.25, -0.2) is 9.78 Å².